The molecule has 11 heteroatoms. The number of rotatable bonds is 4. The zero-order valence-corrected chi connectivity index (χ0v) is 10.0. The minimum atomic E-state index is -5.05. The normalized spacial score (nSPS) is 11.9. The standard InChI is InChI=1S/C7H6O9S2/c8-7(16-18(12,13)14)5-3-1-2-4-6(5)15-17(9,10)11/h1-4H,(H,9,10,11)(H,12,13,14). The maximum absolute atomic E-state index is 11.2. The molecule has 18 heavy (non-hydrogen) atoms. The van der Waals surface area contributed by atoms with Gasteiger partial charge in [-0.1, -0.05) is 12.1 Å². The molecule has 2 N–H and O–H groups in total. The first kappa shape index (κ1) is 14.4. The van der Waals surface area contributed by atoms with Crippen molar-refractivity contribution in [2.75, 3.05) is 0 Å². The van der Waals surface area contributed by atoms with Crippen molar-refractivity contribution in [1.29, 1.82) is 0 Å². The van der Waals surface area contributed by atoms with Crippen molar-refractivity contribution < 1.29 is 39.1 Å². The first-order valence-electron chi connectivity index (χ1n) is 4.05. The Kier molecular flexibility index (Phi) is 3.91. The summed E-state index contributed by atoms with van der Waals surface area (Å²) < 4.78 is 65.9. The average Bonchev–Trinajstić information content (AvgIpc) is 2.12. The van der Waals surface area contributed by atoms with Crippen LogP contribution in [0.25, 0.3) is 0 Å². The van der Waals surface area contributed by atoms with Crippen LogP contribution in [-0.2, 0) is 25.0 Å². The number of para-hydroxylation sites is 1. The maximum atomic E-state index is 11.2. The Bertz CT molecular complexity index is 658. The highest BCUT2D eigenvalue weighted by Crippen LogP contribution is 2.20. The summed E-state index contributed by atoms with van der Waals surface area (Å²) in [6.07, 6.45) is 0. The summed E-state index contributed by atoms with van der Waals surface area (Å²) in [6, 6.07) is 4.44. The predicted molar refractivity (Wildman–Crippen MR) is 55.6 cm³/mol. The van der Waals surface area contributed by atoms with Crippen molar-refractivity contribution in [1.82, 2.24) is 0 Å². The molecule has 1 aromatic rings. The van der Waals surface area contributed by atoms with Crippen LogP contribution in [0.2, 0.25) is 0 Å². The van der Waals surface area contributed by atoms with Gasteiger partial charge in [-0.25, -0.2) is 4.79 Å². The second kappa shape index (κ2) is 4.89. The van der Waals surface area contributed by atoms with Crippen LogP contribution in [0, 0.1) is 0 Å². The van der Waals surface area contributed by atoms with Crippen LogP contribution < -0.4 is 4.18 Å². The molecule has 0 saturated heterocycles. The molecular formula is C7H6O9S2. The van der Waals surface area contributed by atoms with E-state index in [-0.39, 0.29) is 0 Å². The molecule has 1 aromatic carbocycles. The van der Waals surface area contributed by atoms with Gasteiger partial charge in [-0.05, 0) is 12.1 Å². The molecule has 0 aliphatic rings. The van der Waals surface area contributed by atoms with E-state index in [0.29, 0.717) is 0 Å². The van der Waals surface area contributed by atoms with E-state index < -0.39 is 38.1 Å². The minimum Gasteiger partial charge on any atom is -0.361 e. The first-order chi connectivity index (χ1) is 8.08. The van der Waals surface area contributed by atoms with Crippen LogP contribution in [0.15, 0.2) is 24.3 Å². The van der Waals surface area contributed by atoms with E-state index in [2.05, 4.69) is 8.37 Å². The van der Waals surface area contributed by atoms with Gasteiger partial charge in [-0.3, -0.25) is 9.11 Å². The first-order valence-corrected chi connectivity index (χ1v) is 6.79. The smallest absolute Gasteiger partial charge is 0.361 e. The molecule has 0 aromatic heterocycles. The Morgan fingerprint density at radius 3 is 2.06 bits per heavy atom. The Labute approximate surface area is 102 Å². The maximum Gasteiger partial charge on any atom is 0.449 e. The quantitative estimate of drug-likeness (QED) is 0.723. The van der Waals surface area contributed by atoms with Crippen molar-refractivity contribution >= 4 is 26.8 Å². The van der Waals surface area contributed by atoms with Crippen LogP contribution in [0.3, 0.4) is 0 Å². The summed E-state index contributed by atoms with van der Waals surface area (Å²) in [4.78, 5) is 11.2. The van der Waals surface area contributed by atoms with E-state index in [9.17, 15) is 21.6 Å². The Morgan fingerprint density at radius 2 is 1.56 bits per heavy atom. The lowest BCUT2D eigenvalue weighted by Gasteiger charge is -2.06. The number of benzene rings is 1. The number of carbonyl (C=O) groups is 1. The topological polar surface area (TPSA) is 144 Å². The van der Waals surface area contributed by atoms with Crippen molar-refractivity contribution in [2.45, 2.75) is 0 Å². The minimum absolute atomic E-state index is 0.618. The van der Waals surface area contributed by atoms with Gasteiger partial charge < -0.3 is 8.37 Å². The lowest BCUT2D eigenvalue weighted by atomic mass is 10.2. The highest BCUT2D eigenvalue weighted by Gasteiger charge is 2.21. The van der Waals surface area contributed by atoms with Gasteiger partial charge in [-0.2, -0.15) is 16.8 Å². The van der Waals surface area contributed by atoms with Crippen LogP contribution >= 0.6 is 0 Å². The number of hydrogen-bond acceptors (Lipinski definition) is 7. The predicted octanol–water partition coefficient (Wildman–Crippen LogP) is -0.172. The van der Waals surface area contributed by atoms with Gasteiger partial charge in [0.15, 0.2) is 5.75 Å². The van der Waals surface area contributed by atoms with Gasteiger partial charge in [0, 0.05) is 0 Å². The summed E-state index contributed by atoms with van der Waals surface area (Å²) in [6.45, 7) is 0. The third kappa shape index (κ3) is 4.67. The van der Waals surface area contributed by atoms with Crippen molar-refractivity contribution in [3.63, 3.8) is 0 Å². The van der Waals surface area contributed by atoms with E-state index in [1.165, 1.54) is 12.1 Å². The summed E-state index contributed by atoms with van der Waals surface area (Å²) in [5.74, 6) is -2.23. The van der Waals surface area contributed by atoms with Gasteiger partial charge in [0.25, 0.3) is 0 Å². The molecule has 0 amide bonds. The SMILES string of the molecule is O=C(OS(=O)(=O)O)c1ccccc1OS(=O)(=O)O. The second-order valence-electron chi connectivity index (χ2n) is 2.81. The van der Waals surface area contributed by atoms with Gasteiger partial charge >= 0.3 is 26.8 Å². The van der Waals surface area contributed by atoms with Crippen LogP contribution in [0.1, 0.15) is 10.4 Å². The fourth-order valence-corrected chi connectivity index (χ4v) is 1.62. The van der Waals surface area contributed by atoms with E-state index >= 15 is 0 Å². The molecule has 0 aliphatic carbocycles. The lowest BCUT2D eigenvalue weighted by Crippen LogP contribution is -2.15. The molecular weight excluding hydrogens is 292 g/mol. The third-order valence-electron chi connectivity index (χ3n) is 1.48. The lowest BCUT2D eigenvalue weighted by molar-refractivity contribution is 0.0725. The number of hydrogen-bond donors (Lipinski definition) is 2. The monoisotopic (exact) mass is 298 g/mol. The van der Waals surface area contributed by atoms with E-state index in [1.807, 2.05) is 0 Å². The summed E-state index contributed by atoms with van der Waals surface area (Å²) in [7, 11) is -9.95. The molecule has 0 radical (unpaired) electrons. The van der Waals surface area contributed by atoms with Crippen molar-refractivity contribution in [3.8, 4) is 5.75 Å². The summed E-state index contributed by atoms with van der Waals surface area (Å²) in [5, 5.41) is 0. The summed E-state index contributed by atoms with van der Waals surface area (Å²) in [5.41, 5.74) is -0.618. The second-order valence-corrected chi connectivity index (χ2v) is 4.85. The zero-order valence-electron chi connectivity index (χ0n) is 8.38. The third-order valence-corrected chi connectivity index (χ3v) is 2.24. The van der Waals surface area contributed by atoms with Gasteiger partial charge in [-0.15, -0.1) is 0 Å². The molecule has 100 valence electrons. The molecule has 0 atom stereocenters. The number of carbonyl (C=O) groups excluding carboxylic acids is 1. The van der Waals surface area contributed by atoms with Crippen molar-refractivity contribution in [2.24, 2.45) is 0 Å². The highest BCUT2D eigenvalue weighted by atomic mass is 32.3. The van der Waals surface area contributed by atoms with Crippen molar-refractivity contribution in [3.05, 3.63) is 29.8 Å². The van der Waals surface area contributed by atoms with Gasteiger partial charge in [0.2, 0.25) is 0 Å². The Morgan fingerprint density at radius 1 is 1.00 bits per heavy atom. The van der Waals surface area contributed by atoms with Gasteiger partial charge in [0.05, 0.1) is 0 Å². The molecule has 0 unspecified atom stereocenters. The molecule has 0 fully saturated rings. The van der Waals surface area contributed by atoms with Crippen LogP contribution in [-0.4, -0.2) is 31.9 Å². The van der Waals surface area contributed by atoms with E-state index in [1.54, 1.807) is 0 Å². The van der Waals surface area contributed by atoms with E-state index in [4.69, 9.17) is 9.11 Å². The molecule has 0 saturated carbocycles. The molecule has 1 rings (SSSR count). The Hall–Kier alpha value is -1.69. The molecule has 0 spiro atoms. The van der Waals surface area contributed by atoms with Gasteiger partial charge in [0.1, 0.15) is 5.56 Å². The fourth-order valence-electron chi connectivity index (χ4n) is 0.962. The molecule has 9 nitrogen and oxygen atoms in total. The van der Waals surface area contributed by atoms with Crippen LogP contribution in [0.5, 0.6) is 5.75 Å². The zero-order chi connectivity index (χ0) is 14.0. The molecule has 0 heterocycles. The molecule has 0 bridgehead atoms. The molecule has 0 aliphatic heterocycles. The van der Waals surface area contributed by atoms with Crippen LogP contribution in [0.4, 0.5) is 0 Å². The Balaban J connectivity index is 3.14. The largest absolute Gasteiger partial charge is 0.449 e. The average molecular weight is 298 g/mol. The fraction of sp³-hybridized carbons (Fsp3) is 0. The highest BCUT2D eigenvalue weighted by molar-refractivity contribution is 7.81. The van der Waals surface area contributed by atoms with E-state index in [0.717, 1.165) is 12.1 Å². The summed E-state index contributed by atoms with van der Waals surface area (Å²) >= 11 is 0.